The summed E-state index contributed by atoms with van der Waals surface area (Å²) < 4.78 is 5.81. The smallest absolute Gasteiger partial charge is 0.145 e. The molecule has 5 heteroatoms. The lowest BCUT2D eigenvalue weighted by atomic mass is 10.1. The highest BCUT2D eigenvalue weighted by Gasteiger charge is 2.21. The van der Waals surface area contributed by atoms with Crippen LogP contribution in [0.2, 0.25) is 5.02 Å². The molecule has 24 heavy (non-hydrogen) atoms. The molecule has 4 rings (SSSR count). The van der Waals surface area contributed by atoms with Gasteiger partial charge in [-0.3, -0.25) is 0 Å². The van der Waals surface area contributed by atoms with Crippen molar-refractivity contribution in [1.29, 1.82) is 5.26 Å². The van der Waals surface area contributed by atoms with E-state index < -0.39 is 0 Å². The molecule has 0 spiro atoms. The van der Waals surface area contributed by atoms with Gasteiger partial charge in [0, 0.05) is 10.4 Å². The standard InChI is InChI=1S/C19H13ClN2OS/c20-16-6-2-1-4-14(16)17-9-8-12(23-17)11-22-19-15(10-21)13-5-3-7-18(13)24-19/h1-2,4,6,8-9,11H,3,5,7H2/b22-11+. The number of halogens is 1. The summed E-state index contributed by atoms with van der Waals surface area (Å²) in [6, 6.07) is 13.6. The van der Waals surface area contributed by atoms with Crippen LogP contribution in [0.25, 0.3) is 11.3 Å². The highest BCUT2D eigenvalue weighted by molar-refractivity contribution is 7.16. The number of thiophene rings is 1. The third-order valence-corrected chi connectivity index (χ3v) is 5.62. The molecule has 1 aromatic carbocycles. The third kappa shape index (κ3) is 2.66. The Morgan fingerprint density at radius 2 is 2.08 bits per heavy atom. The maximum Gasteiger partial charge on any atom is 0.145 e. The van der Waals surface area contributed by atoms with Crippen molar-refractivity contribution >= 4 is 34.2 Å². The van der Waals surface area contributed by atoms with Gasteiger partial charge in [-0.05, 0) is 49.1 Å². The number of nitriles is 1. The number of hydrogen-bond acceptors (Lipinski definition) is 4. The second-order valence-corrected chi connectivity index (χ2v) is 7.08. The summed E-state index contributed by atoms with van der Waals surface area (Å²) in [6.45, 7) is 0. The van der Waals surface area contributed by atoms with Gasteiger partial charge in [0.05, 0.1) is 16.8 Å². The van der Waals surface area contributed by atoms with Crippen molar-refractivity contribution < 1.29 is 4.42 Å². The monoisotopic (exact) mass is 352 g/mol. The molecule has 2 heterocycles. The lowest BCUT2D eigenvalue weighted by molar-refractivity contribution is 0.575. The fraction of sp³-hybridized carbons (Fsp3) is 0.158. The van der Waals surface area contributed by atoms with Crippen LogP contribution in [-0.2, 0) is 12.8 Å². The van der Waals surface area contributed by atoms with Crippen LogP contribution in [0.4, 0.5) is 5.00 Å². The van der Waals surface area contributed by atoms with Gasteiger partial charge in [0.2, 0.25) is 0 Å². The first-order valence-corrected chi connectivity index (χ1v) is 8.89. The molecule has 2 aromatic heterocycles. The number of rotatable bonds is 3. The Morgan fingerprint density at radius 1 is 1.21 bits per heavy atom. The van der Waals surface area contributed by atoms with E-state index in [0.29, 0.717) is 16.5 Å². The summed E-state index contributed by atoms with van der Waals surface area (Å²) in [5, 5.41) is 10.8. The fourth-order valence-corrected chi connectivity index (χ4v) is 4.36. The van der Waals surface area contributed by atoms with Crippen molar-refractivity contribution in [3.8, 4) is 17.4 Å². The topological polar surface area (TPSA) is 49.3 Å². The number of benzene rings is 1. The molecular weight excluding hydrogens is 340 g/mol. The molecule has 0 radical (unpaired) electrons. The van der Waals surface area contributed by atoms with Gasteiger partial charge in [0.15, 0.2) is 0 Å². The summed E-state index contributed by atoms with van der Waals surface area (Å²) in [5.74, 6) is 1.35. The molecule has 0 unspecified atom stereocenters. The van der Waals surface area contributed by atoms with Gasteiger partial charge in [-0.15, -0.1) is 11.3 Å². The molecule has 118 valence electrons. The van der Waals surface area contributed by atoms with E-state index in [1.54, 1.807) is 17.6 Å². The molecular formula is C19H13ClN2OS. The molecule has 1 aliphatic carbocycles. The van der Waals surface area contributed by atoms with Gasteiger partial charge in [0.25, 0.3) is 0 Å². The Balaban J connectivity index is 1.62. The van der Waals surface area contributed by atoms with E-state index >= 15 is 0 Å². The first-order valence-electron chi connectivity index (χ1n) is 7.69. The van der Waals surface area contributed by atoms with Gasteiger partial charge in [-0.1, -0.05) is 23.7 Å². The summed E-state index contributed by atoms with van der Waals surface area (Å²) in [5.41, 5.74) is 2.76. The van der Waals surface area contributed by atoms with Gasteiger partial charge < -0.3 is 4.42 Å². The van der Waals surface area contributed by atoms with Crippen LogP contribution in [0.15, 0.2) is 45.8 Å². The van der Waals surface area contributed by atoms with Crippen LogP contribution in [-0.4, -0.2) is 6.21 Å². The summed E-state index contributed by atoms with van der Waals surface area (Å²) >= 11 is 7.81. The highest BCUT2D eigenvalue weighted by Crippen LogP contribution is 2.40. The molecule has 3 nitrogen and oxygen atoms in total. The molecule has 0 atom stereocenters. The second kappa shape index (κ2) is 6.27. The van der Waals surface area contributed by atoms with Crippen LogP contribution < -0.4 is 0 Å². The second-order valence-electron chi connectivity index (χ2n) is 5.59. The van der Waals surface area contributed by atoms with Crippen molar-refractivity contribution in [2.75, 3.05) is 0 Å². The van der Waals surface area contributed by atoms with Crippen molar-refractivity contribution in [3.63, 3.8) is 0 Å². The first kappa shape index (κ1) is 15.2. The normalized spacial score (nSPS) is 13.3. The lowest BCUT2D eigenvalue weighted by Gasteiger charge is -1.98. The summed E-state index contributed by atoms with van der Waals surface area (Å²) in [6.07, 6.45) is 4.85. The van der Waals surface area contributed by atoms with Crippen LogP contribution in [0.5, 0.6) is 0 Å². The minimum Gasteiger partial charge on any atom is -0.455 e. The van der Waals surface area contributed by atoms with E-state index in [1.165, 1.54) is 10.4 Å². The van der Waals surface area contributed by atoms with Crippen LogP contribution in [0.1, 0.15) is 28.2 Å². The van der Waals surface area contributed by atoms with E-state index in [-0.39, 0.29) is 0 Å². The highest BCUT2D eigenvalue weighted by atomic mass is 35.5. The molecule has 3 aromatic rings. The van der Waals surface area contributed by atoms with Crippen molar-refractivity contribution in [2.45, 2.75) is 19.3 Å². The molecule has 0 amide bonds. The van der Waals surface area contributed by atoms with E-state index in [0.717, 1.165) is 35.4 Å². The SMILES string of the molecule is N#Cc1c(/N=C/c2ccc(-c3ccccc3Cl)o2)sc2c1CCC2. The maximum atomic E-state index is 9.40. The first-order chi connectivity index (χ1) is 11.8. The predicted molar refractivity (Wildman–Crippen MR) is 97.5 cm³/mol. The fourth-order valence-electron chi connectivity index (χ4n) is 2.95. The molecule has 0 fully saturated rings. The Labute approximate surface area is 148 Å². The van der Waals surface area contributed by atoms with Gasteiger partial charge in [-0.25, -0.2) is 4.99 Å². The number of nitrogens with zero attached hydrogens (tertiary/aromatic N) is 2. The molecule has 0 N–H and O–H groups in total. The van der Waals surface area contributed by atoms with E-state index in [9.17, 15) is 5.26 Å². The Bertz CT molecular complexity index is 978. The number of fused-ring (bicyclic) bond motifs is 1. The maximum absolute atomic E-state index is 9.40. The zero-order valence-corrected chi connectivity index (χ0v) is 14.3. The Hall–Kier alpha value is -2.35. The summed E-state index contributed by atoms with van der Waals surface area (Å²) in [7, 11) is 0. The molecule has 0 saturated carbocycles. The molecule has 1 aliphatic rings. The van der Waals surface area contributed by atoms with Crippen LogP contribution in [0, 0.1) is 11.3 Å². The van der Waals surface area contributed by atoms with Gasteiger partial charge >= 0.3 is 0 Å². The zero-order valence-electron chi connectivity index (χ0n) is 12.8. The molecule has 0 saturated heterocycles. The number of furan rings is 1. The predicted octanol–water partition coefficient (Wildman–Crippen LogP) is 5.77. The van der Waals surface area contributed by atoms with Gasteiger partial charge in [-0.2, -0.15) is 5.26 Å². The minimum absolute atomic E-state index is 0.641. The zero-order chi connectivity index (χ0) is 16.5. The third-order valence-electron chi connectivity index (χ3n) is 4.09. The van der Waals surface area contributed by atoms with E-state index in [4.69, 9.17) is 16.0 Å². The van der Waals surface area contributed by atoms with Crippen molar-refractivity contribution in [2.24, 2.45) is 4.99 Å². The minimum atomic E-state index is 0.641. The average molecular weight is 353 g/mol. The Morgan fingerprint density at radius 3 is 2.92 bits per heavy atom. The number of aryl methyl sites for hydroxylation is 1. The van der Waals surface area contributed by atoms with Crippen molar-refractivity contribution in [1.82, 2.24) is 0 Å². The molecule has 0 bridgehead atoms. The van der Waals surface area contributed by atoms with Crippen molar-refractivity contribution in [3.05, 3.63) is 63.2 Å². The van der Waals surface area contributed by atoms with Crippen LogP contribution in [0.3, 0.4) is 0 Å². The lowest BCUT2D eigenvalue weighted by Crippen LogP contribution is -1.80. The van der Waals surface area contributed by atoms with Gasteiger partial charge in [0.1, 0.15) is 22.6 Å². The Kier molecular flexibility index (Phi) is 3.97. The van der Waals surface area contributed by atoms with E-state index in [2.05, 4.69) is 11.1 Å². The average Bonchev–Trinajstić information content (AvgIpc) is 3.28. The quantitative estimate of drug-likeness (QED) is 0.561. The summed E-state index contributed by atoms with van der Waals surface area (Å²) in [4.78, 5) is 5.79. The van der Waals surface area contributed by atoms with Crippen LogP contribution >= 0.6 is 22.9 Å². The number of hydrogen-bond donors (Lipinski definition) is 0. The number of aliphatic imine (C=N–C) groups is 1. The largest absolute Gasteiger partial charge is 0.455 e. The molecule has 0 aliphatic heterocycles. The van der Waals surface area contributed by atoms with E-state index in [1.807, 2.05) is 36.4 Å².